The third-order valence-electron chi connectivity index (χ3n) is 3.66. The molecule has 0 aromatic rings. The number of hydroxylamine groups is 1. The molecule has 0 spiro atoms. The summed E-state index contributed by atoms with van der Waals surface area (Å²) in [6.07, 6.45) is 8.20. The number of esters is 1. The number of carbonyl (C=O) groups is 1. The summed E-state index contributed by atoms with van der Waals surface area (Å²) < 4.78 is 4.87. The van der Waals surface area contributed by atoms with E-state index in [0.29, 0.717) is 19.1 Å². The van der Waals surface area contributed by atoms with E-state index >= 15 is 0 Å². The Kier molecular flexibility index (Phi) is 8.01. The summed E-state index contributed by atoms with van der Waals surface area (Å²) in [6.45, 7) is 3.39. The maximum absolute atomic E-state index is 11.7. The number of methoxy groups -OCH3 is 1. The molecule has 0 aromatic carbocycles. The molecule has 0 amide bonds. The second-order valence-corrected chi connectivity index (χ2v) is 5.16. The van der Waals surface area contributed by atoms with Crippen LogP contribution in [0, 0.1) is 11.8 Å². The highest BCUT2D eigenvalue weighted by atomic mass is 16.6. The molecule has 4 heteroatoms. The van der Waals surface area contributed by atoms with Crippen molar-refractivity contribution in [2.75, 3.05) is 20.3 Å². The molecule has 1 saturated carbocycles. The van der Waals surface area contributed by atoms with Crippen LogP contribution in [-0.2, 0) is 14.4 Å². The van der Waals surface area contributed by atoms with E-state index in [9.17, 15) is 4.79 Å². The van der Waals surface area contributed by atoms with Crippen LogP contribution >= 0.6 is 0 Å². The van der Waals surface area contributed by atoms with Gasteiger partial charge in [0.25, 0.3) is 0 Å². The van der Waals surface area contributed by atoms with Gasteiger partial charge in [-0.2, -0.15) is 0 Å². The zero-order valence-corrected chi connectivity index (χ0v) is 11.7. The van der Waals surface area contributed by atoms with E-state index in [-0.39, 0.29) is 11.9 Å². The number of nitrogens with one attached hydrogen (secondary N) is 1. The summed E-state index contributed by atoms with van der Waals surface area (Å²) in [4.78, 5) is 17.0. The minimum Gasteiger partial charge on any atom is -0.469 e. The van der Waals surface area contributed by atoms with Crippen LogP contribution in [0.25, 0.3) is 0 Å². The molecule has 1 N–H and O–H groups in total. The molecule has 1 aliphatic carbocycles. The monoisotopic (exact) mass is 257 g/mol. The fourth-order valence-electron chi connectivity index (χ4n) is 2.53. The van der Waals surface area contributed by atoms with Gasteiger partial charge in [0.2, 0.25) is 0 Å². The van der Waals surface area contributed by atoms with Crippen molar-refractivity contribution in [3.63, 3.8) is 0 Å². The summed E-state index contributed by atoms with van der Waals surface area (Å²) in [6, 6.07) is 0. The van der Waals surface area contributed by atoms with E-state index in [2.05, 4.69) is 12.4 Å². The summed E-state index contributed by atoms with van der Waals surface area (Å²) >= 11 is 0. The lowest BCUT2D eigenvalue weighted by molar-refractivity contribution is -0.147. The van der Waals surface area contributed by atoms with E-state index < -0.39 is 0 Å². The van der Waals surface area contributed by atoms with Gasteiger partial charge in [-0.15, -0.1) is 0 Å². The van der Waals surface area contributed by atoms with Crippen molar-refractivity contribution in [2.24, 2.45) is 11.8 Å². The molecular weight excluding hydrogens is 230 g/mol. The molecule has 18 heavy (non-hydrogen) atoms. The van der Waals surface area contributed by atoms with Gasteiger partial charge in [0, 0.05) is 6.54 Å². The van der Waals surface area contributed by atoms with Gasteiger partial charge in [0.1, 0.15) is 0 Å². The van der Waals surface area contributed by atoms with Crippen molar-refractivity contribution in [1.82, 2.24) is 5.48 Å². The minimum absolute atomic E-state index is 0.0697. The SMILES string of the molecule is CCCCONC[C@H](CC1CCCC1)C(=O)OC. The topological polar surface area (TPSA) is 47.6 Å². The maximum atomic E-state index is 11.7. The maximum Gasteiger partial charge on any atom is 0.310 e. The number of hydrogen-bond donors (Lipinski definition) is 1. The number of hydrogen-bond acceptors (Lipinski definition) is 4. The molecule has 106 valence electrons. The minimum atomic E-state index is -0.117. The summed E-state index contributed by atoms with van der Waals surface area (Å²) in [5.74, 6) is 0.500. The Morgan fingerprint density at radius 3 is 2.72 bits per heavy atom. The van der Waals surface area contributed by atoms with Gasteiger partial charge >= 0.3 is 5.97 Å². The van der Waals surface area contributed by atoms with Crippen molar-refractivity contribution in [2.45, 2.75) is 51.9 Å². The third-order valence-corrected chi connectivity index (χ3v) is 3.66. The molecule has 0 aromatic heterocycles. The highest BCUT2D eigenvalue weighted by Crippen LogP contribution is 2.30. The smallest absolute Gasteiger partial charge is 0.310 e. The first-order valence-corrected chi connectivity index (χ1v) is 7.20. The standard InChI is InChI=1S/C14H27NO3/c1-3-4-9-18-15-11-13(14(16)17-2)10-12-7-5-6-8-12/h12-13,15H,3-11H2,1-2H3/t13-/m0/s1. The second kappa shape index (κ2) is 9.34. The molecule has 0 unspecified atom stereocenters. The van der Waals surface area contributed by atoms with Gasteiger partial charge in [0.05, 0.1) is 19.6 Å². The second-order valence-electron chi connectivity index (χ2n) is 5.16. The molecule has 0 bridgehead atoms. The molecule has 1 fully saturated rings. The largest absolute Gasteiger partial charge is 0.469 e. The average Bonchev–Trinajstić information content (AvgIpc) is 2.89. The first-order chi connectivity index (χ1) is 8.77. The molecule has 0 saturated heterocycles. The molecule has 1 atom stereocenters. The van der Waals surface area contributed by atoms with Gasteiger partial charge in [0.15, 0.2) is 0 Å². The lowest BCUT2D eigenvalue weighted by atomic mass is 9.93. The Morgan fingerprint density at radius 1 is 1.39 bits per heavy atom. The molecular formula is C14H27NO3. The first kappa shape index (κ1) is 15.4. The first-order valence-electron chi connectivity index (χ1n) is 7.20. The van der Waals surface area contributed by atoms with Gasteiger partial charge < -0.3 is 9.57 Å². The van der Waals surface area contributed by atoms with Crippen molar-refractivity contribution in [3.8, 4) is 0 Å². The highest BCUT2D eigenvalue weighted by Gasteiger charge is 2.25. The fourth-order valence-corrected chi connectivity index (χ4v) is 2.53. The summed E-state index contributed by atoms with van der Waals surface area (Å²) in [5.41, 5.74) is 2.91. The number of carbonyl (C=O) groups excluding carboxylic acids is 1. The van der Waals surface area contributed by atoms with E-state index in [1.54, 1.807) is 0 Å². The molecule has 0 heterocycles. The number of rotatable bonds is 9. The lowest BCUT2D eigenvalue weighted by Gasteiger charge is -2.18. The quantitative estimate of drug-likeness (QED) is 0.392. The van der Waals surface area contributed by atoms with E-state index in [1.165, 1.54) is 32.8 Å². The van der Waals surface area contributed by atoms with Crippen LogP contribution in [0.1, 0.15) is 51.9 Å². The fraction of sp³-hybridized carbons (Fsp3) is 0.929. The van der Waals surface area contributed by atoms with Gasteiger partial charge in [-0.3, -0.25) is 4.79 Å². The summed E-state index contributed by atoms with van der Waals surface area (Å²) in [7, 11) is 1.46. The number of ether oxygens (including phenoxy) is 1. The Morgan fingerprint density at radius 2 is 2.11 bits per heavy atom. The van der Waals surface area contributed by atoms with Crippen LogP contribution in [0.2, 0.25) is 0 Å². The normalized spacial score (nSPS) is 17.9. The lowest BCUT2D eigenvalue weighted by Crippen LogP contribution is -2.31. The van der Waals surface area contributed by atoms with Crippen LogP contribution < -0.4 is 5.48 Å². The highest BCUT2D eigenvalue weighted by molar-refractivity contribution is 5.72. The summed E-state index contributed by atoms with van der Waals surface area (Å²) in [5, 5.41) is 0. The van der Waals surface area contributed by atoms with Gasteiger partial charge in [-0.05, 0) is 18.8 Å². The van der Waals surface area contributed by atoms with Crippen LogP contribution in [0.15, 0.2) is 0 Å². The van der Waals surface area contributed by atoms with Gasteiger partial charge in [-0.25, -0.2) is 5.48 Å². The predicted molar refractivity (Wildman–Crippen MR) is 70.9 cm³/mol. The zero-order valence-electron chi connectivity index (χ0n) is 11.7. The zero-order chi connectivity index (χ0) is 13.2. The van der Waals surface area contributed by atoms with Crippen LogP contribution in [0.4, 0.5) is 0 Å². The van der Waals surface area contributed by atoms with Crippen LogP contribution in [0.3, 0.4) is 0 Å². The van der Waals surface area contributed by atoms with E-state index in [0.717, 1.165) is 19.3 Å². The van der Waals surface area contributed by atoms with Crippen LogP contribution in [-0.4, -0.2) is 26.2 Å². The van der Waals surface area contributed by atoms with Crippen molar-refractivity contribution >= 4 is 5.97 Å². The Hall–Kier alpha value is -0.610. The van der Waals surface area contributed by atoms with Crippen molar-refractivity contribution < 1.29 is 14.4 Å². The molecule has 1 rings (SSSR count). The van der Waals surface area contributed by atoms with E-state index in [1.807, 2.05) is 0 Å². The molecule has 4 nitrogen and oxygen atoms in total. The number of unbranched alkanes of at least 4 members (excludes halogenated alkanes) is 1. The van der Waals surface area contributed by atoms with Crippen molar-refractivity contribution in [3.05, 3.63) is 0 Å². The molecule has 1 aliphatic rings. The third kappa shape index (κ3) is 5.83. The average molecular weight is 257 g/mol. The van der Waals surface area contributed by atoms with Crippen molar-refractivity contribution in [1.29, 1.82) is 0 Å². The Balaban J connectivity index is 2.24. The van der Waals surface area contributed by atoms with E-state index in [4.69, 9.17) is 9.57 Å². The Labute approximate surface area is 110 Å². The van der Waals surface area contributed by atoms with Gasteiger partial charge in [-0.1, -0.05) is 39.0 Å². The Bertz CT molecular complexity index is 227. The van der Waals surface area contributed by atoms with Crippen LogP contribution in [0.5, 0.6) is 0 Å². The predicted octanol–water partition coefficient (Wildman–Crippen LogP) is 2.68. The molecule has 0 aliphatic heterocycles. The molecule has 0 radical (unpaired) electrons.